The molecule has 7 aromatic carbocycles. The smallest absolute Gasteiger partial charge is 0.252 e. The average molecular weight is 1040 g/mol. The van der Waals surface area contributed by atoms with E-state index in [1.54, 1.807) is 0 Å². The van der Waals surface area contributed by atoms with Gasteiger partial charge < -0.3 is 14.7 Å². The molecule has 408 valence electrons. The molecule has 2 unspecified atom stereocenters. The lowest BCUT2D eigenvalue weighted by atomic mass is 9.33. The first-order valence-corrected chi connectivity index (χ1v) is 30.0. The maximum Gasteiger partial charge on any atom is 0.252 e. The molecule has 79 heavy (non-hydrogen) atoms. The molecule has 1 saturated carbocycles. The molecule has 0 bridgehead atoms. The van der Waals surface area contributed by atoms with E-state index in [0.29, 0.717) is 0 Å². The third-order valence-corrected chi connectivity index (χ3v) is 20.3. The van der Waals surface area contributed by atoms with Crippen LogP contribution in [0.15, 0.2) is 133 Å². The Morgan fingerprint density at radius 2 is 0.924 bits per heavy atom. The van der Waals surface area contributed by atoms with Gasteiger partial charge in [0.15, 0.2) is 0 Å². The van der Waals surface area contributed by atoms with Crippen molar-refractivity contribution in [2.45, 2.75) is 208 Å². The molecular formula is C75H90BN3. The first-order chi connectivity index (χ1) is 36.6. The fourth-order valence-electron chi connectivity index (χ4n) is 15.7. The molecule has 4 heteroatoms. The summed E-state index contributed by atoms with van der Waals surface area (Å²) in [7, 11) is 0. The molecule has 3 heterocycles. The SMILES string of the molecule is CC1(C)CC2(C)c3cc(C(C)(C)C)ccc3N(c3cc4c5c(c3)N(c3ccc(C(C)(C)C)cc3-c3ccccc3)c3cc6c(cc3B5c3ccc(C(C)(C)C)cc3N4c3cccc(C(C)(C)C)c3)C(C)(C)CCC6(C)C)C2(C)C1. The Bertz CT molecular complexity index is 3640. The highest BCUT2D eigenvalue weighted by atomic mass is 15.3. The van der Waals surface area contributed by atoms with Crippen LogP contribution in [0.5, 0.6) is 0 Å². The molecule has 12 rings (SSSR count). The molecule has 2 aliphatic carbocycles. The van der Waals surface area contributed by atoms with Crippen LogP contribution in [-0.2, 0) is 37.9 Å². The highest BCUT2D eigenvalue weighted by molar-refractivity contribution is 7.00. The van der Waals surface area contributed by atoms with Crippen LogP contribution in [0.4, 0.5) is 45.5 Å². The summed E-state index contributed by atoms with van der Waals surface area (Å²) in [4.78, 5) is 8.32. The Morgan fingerprint density at radius 3 is 1.54 bits per heavy atom. The lowest BCUT2D eigenvalue weighted by Gasteiger charge is -2.49. The standard InChI is InChI=1S/C75H90BN3/c1-67(2,3)48-27-24-28-52(37-48)77-62-40-51(70(10,11)12)29-32-58(62)76-59-43-55-56(73(17,18)36-35-72(55,15)16)44-63(59)78(60-33-30-49(68(4,5)6)38-54(60)47-25-22-21-23-26-47)65-42-53(41-64(77)66(65)76)79-61-34-31-50(69(7,8)9)39-57(61)74(19)45-71(13,14)46-75(74,79)20/h21-34,37-44H,35-36,45-46H2,1-20H3. The maximum absolute atomic E-state index is 2.85. The Balaban J connectivity index is 1.27. The van der Waals surface area contributed by atoms with Gasteiger partial charge in [0.1, 0.15) is 0 Å². The van der Waals surface area contributed by atoms with E-state index in [9.17, 15) is 0 Å². The van der Waals surface area contributed by atoms with E-state index < -0.39 is 0 Å². The number of hydrogen-bond donors (Lipinski definition) is 0. The van der Waals surface area contributed by atoms with Crippen molar-refractivity contribution in [2.24, 2.45) is 5.41 Å². The summed E-state index contributed by atoms with van der Waals surface area (Å²) in [6.45, 7) is 48.7. The summed E-state index contributed by atoms with van der Waals surface area (Å²) in [5, 5.41) is 0. The molecule has 2 atom stereocenters. The van der Waals surface area contributed by atoms with Crippen LogP contribution in [0, 0.1) is 5.41 Å². The van der Waals surface area contributed by atoms with Crippen molar-refractivity contribution in [1.82, 2.24) is 0 Å². The fraction of sp³-hybridized carbons (Fsp3) is 0.440. The van der Waals surface area contributed by atoms with Crippen LogP contribution in [0.2, 0.25) is 0 Å². The third-order valence-electron chi connectivity index (χ3n) is 20.3. The molecule has 0 aromatic heterocycles. The minimum atomic E-state index is -0.214. The number of rotatable bonds is 4. The number of hydrogen-bond acceptors (Lipinski definition) is 3. The first kappa shape index (κ1) is 53.6. The maximum atomic E-state index is 2.85. The zero-order valence-electron chi connectivity index (χ0n) is 51.9. The van der Waals surface area contributed by atoms with E-state index >= 15 is 0 Å². The van der Waals surface area contributed by atoms with Crippen molar-refractivity contribution in [3.05, 3.63) is 172 Å². The molecule has 5 aliphatic rings. The number of fused-ring (bicyclic) bond motifs is 8. The van der Waals surface area contributed by atoms with Gasteiger partial charge in [-0.3, -0.25) is 0 Å². The van der Waals surface area contributed by atoms with Crippen molar-refractivity contribution in [1.29, 1.82) is 0 Å². The van der Waals surface area contributed by atoms with Crippen LogP contribution in [0.3, 0.4) is 0 Å². The number of nitrogens with zero attached hydrogens (tertiary/aromatic N) is 3. The number of anilines is 8. The van der Waals surface area contributed by atoms with E-state index in [4.69, 9.17) is 0 Å². The van der Waals surface area contributed by atoms with Crippen LogP contribution < -0.4 is 31.1 Å². The van der Waals surface area contributed by atoms with Gasteiger partial charge in [-0.15, -0.1) is 0 Å². The van der Waals surface area contributed by atoms with Gasteiger partial charge in [-0.25, -0.2) is 0 Å². The minimum absolute atomic E-state index is 0.00234. The van der Waals surface area contributed by atoms with Gasteiger partial charge >= 0.3 is 0 Å². The summed E-state index contributed by atoms with van der Waals surface area (Å²) in [5.74, 6) is 0. The molecule has 3 aliphatic heterocycles. The predicted molar refractivity (Wildman–Crippen MR) is 343 cm³/mol. The summed E-state index contributed by atoms with van der Waals surface area (Å²) in [6, 6.07) is 54.0. The van der Waals surface area contributed by atoms with Crippen molar-refractivity contribution >= 4 is 68.6 Å². The summed E-state index contributed by atoms with van der Waals surface area (Å²) in [6.07, 6.45) is 4.51. The quantitative estimate of drug-likeness (QED) is 0.163. The van der Waals surface area contributed by atoms with Gasteiger partial charge in [0.05, 0.1) is 11.2 Å². The molecule has 0 spiro atoms. The highest BCUT2D eigenvalue weighted by Crippen LogP contribution is 2.68. The average Bonchev–Trinajstić information content (AvgIpc) is 3.59. The zero-order valence-corrected chi connectivity index (χ0v) is 51.9. The summed E-state index contributed by atoms with van der Waals surface area (Å²) in [5.41, 5.74) is 26.4. The van der Waals surface area contributed by atoms with E-state index in [-0.39, 0.29) is 55.6 Å². The molecule has 0 radical (unpaired) electrons. The number of benzene rings is 7. The van der Waals surface area contributed by atoms with Crippen molar-refractivity contribution < 1.29 is 0 Å². The molecular weight excluding hydrogens is 954 g/mol. The summed E-state index contributed by atoms with van der Waals surface area (Å²) < 4.78 is 0. The molecule has 7 aromatic rings. The lowest BCUT2D eigenvalue weighted by molar-refractivity contribution is 0.330. The van der Waals surface area contributed by atoms with Crippen LogP contribution in [-0.4, -0.2) is 12.3 Å². The molecule has 1 fully saturated rings. The second-order valence-corrected chi connectivity index (χ2v) is 31.8. The predicted octanol–water partition coefficient (Wildman–Crippen LogP) is 19.0. The van der Waals surface area contributed by atoms with Crippen molar-refractivity contribution in [2.75, 3.05) is 14.7 Å². The molecule has 3 nitrogen and oxygen atoms in total. The molecule has 0 amide bonds. The van der Waals surface area contributed by atoms with Crippen LogP contribution in [0.1, 0.15) is 203 Å². The molecule has 0 N–H and O–H groups in total. The first-order valence-electron chi connectivity index (χ1n) is 30.0. The van der Waals surface area contributed by atoms with E-state index in [1.165, 1.54) is 112 Å². The van der Waals surface area contributed by atoms with E-state index in [1.807, 2.05) is 0 Å². The minimum Gasteiger partial charge on any atom is -0.334 e. The highest BCUT2D eigenvalue weighted by Gasteiger charge is 2.64. The van der Waals surface area contributed by atoms with Gasteiger partial charge in [-0.05, 0) is 186 Å². The largest absolute Gasteiger partial charge is 0.334 e. The second kappa shape index (κ2) is 17.0. The zero-order chi connectivity index (χ0) is 56.7. The van der Waals surface area contributed by atoms with Crippen molar-refractivity contribution in [3.63, 3.8) is 0 Å². The third kappa shape index (κ3) is 8.23. The Morgan fingerprint density at radius 1 is 0.392 bits per heavy atom. The Hall–Kier alpha value is -6.00. The Kier molecular flexibility index (Phi) is 11.6. The van der Waals surface area contributed by atoms with E-state index in [2.05, 4.69) is 287 Å². The van der Waals surface area contributed by atoms with Gasteiger partial charge in [0, 0.05) is 50.8 Å². The normalized spacial score (nSPS) is 21.5. The van der Waals surface area contributed by atoms with Gasteiger partial charge in [-0.1, -0.05) is 210 Å². The van der Waals surface area contributed by atoms with Gasteiger partial charge in [0.2, 0.25) is 0 Å². The Labute approximate surface area is 477 Å². The fourth-order valence-corrected chi connectivity index (χ4v) is 15.7. The van der Waals surface area contributed by atoms with Gasteiger partial charge in [0.25, 0.3) is 6.71 Å². The van der Waals surface area contributed by atoms with Crippen LogP contribution >= 0.6 is 0 Å². The summed E-state index contributed by atoms with van der Waals surface area (Å²) >= 11 is 0. The topological polar surface area (TPSA) is 9.72 Å². The lowest BCUT2D eigenvalue weighted by Crippen LogP contribution is -2.62. The van der Waals surface area contributed by atoms with Crippen LogP contribution in [0.25, 0.3) is 11.1 Å². The van der Waals surface area contributed by atoms with E-state index in [0.717, 1.165) is 25.7 Å². The second-order valence-electron chi connectivity index (χ2n) is 31.8. The van der Waals surface area contributed by atoms with Crippen molar-refractivity contribution in [3.8, 4) is 11.1 Å². The monoisotopic (exact) mass is 1040 g/mol. The van der Waals surface area contributed by atoms with Gasteiger partial charge in [-0.2, -0.15) is 0 Å². The molecule has 0 saturated heterocycles.